The van der Waals surface area contributed by atoms with Crippen LogP contribution in [0.25, 0.3) is 11.0 Å². The quantitative estimate of drug-likeness (QED) is 0.508. The topological polar surface area (TPSA) is 73.6 Å². The van der Waals surface area contributed by atoms with Crippen LogP contribution in [0.4, 0.5) is 0 Å². The molecule has 0 fully saturated rings. The second kappa shape index (κ2) is 6.72. The number of fused-ring (bicyclic) bond motifs is 1. The van der Waals surface area contributed by atoms with Crippen molar-refractivity contribution in [2.45, 2.75) is 31.1 Å². The van der Waals surface area contributed by atoms with E-state index in [9.17, 15) is 13.2 Å². The summed E-state index contributed by atoms with van der Waals surface area (Å²) >= 11 is 0. The lowest BCUT2D eigenvalue weighted by atomic mass is 9.98. The number of para-hydroxylation sites is 1. The first-order valence-corrected chi connectivity index (χ1v) is 9.39. The molecular formula is C19H18O5S. The van der Waals surface area contributed by atoms with E-state index in [0.717, 1.165) is 12.0 Å². The smallest absolute Gasteiger partial charge is 0.339 e. The van der Waals surface area contributed by atoms with Crippen LogP contribution in [-0.4, -0.2) is 8.42 Å². The van der Waals surface area contributed by atoms with Gasteiger partial charge < -0.3 is 8.60 Å². The Balaban J connectivity index is 2.00. The minimum absolute atomic E-state index is 0.00723. The van der Waals surface area contributed by atoms with Crippen molar-refractivity contribution in [2.75, 3.05) is 0 Å². The van der Waals surface area contributed by atoms with E-state index in [-0.39, 0.29) is 10.8 Å². The number of benzene rings is 2. The summed E-state index contributed by atoms with van der Waals surface area (Å²) in [5.74, 6) is 0.508. The first-order valence-electron chi connectivity index (χ1n) is 7.98. The number of hydrogen-bond donors (Lipinski definition) is 0. The van der Waals surface area contributed by atoms with E-state index in [1.807, 2.05) is 26.0 Å². The zero-order valence-corrected chi connectivity index (χ0v) is 14.7. The highest BCUT2D eigenvalue weighted by Crippen LogP contribution is 2.31. The largest absolute Gasteiger partial charge is 0.423 e. The van der Waals surface area contributed by atoms with Crippen molar-refractivity contribution < 1.29 is 17.0 Å². The van der Waals surface area contributed by atoms with E-state index in [0.29, 0.717) is 16.7 Å². The van der Waals surface area contributed by atoms with Crippen molar-refractivity contribution in [1.82, 2.24) is 0 Å². The molecular weight excluding hydrogens is 340 g/mol. The predicted octanol–water partition coefficient (Wildman–Crippen LogP) is 4.07. The van der Waals surface area contributed by atoms with Crippen LogP contribution in [0.2, 0.25) is 0 Å². The fourth-order valence-corrected chi connectivity index (χ4v) is 3.55. The van der Waals surface area contributed by atoms with Gasteiger partial charge in [-0.25, -0.2) is 4.79 Å². The summed E-state index contributed by atoms with van der Waals surface area (Å²) in [5, 5.41) is 0.513. The molecule has 3 rings (SSSR count). The molecule has 0 spiro atoms. The molecule has 1 aromatic heterocycles. The highest BCUT2D eigenvalue weighted by molar-refractivity contribution is 7.87. The summed E-state index contributed by atoms with van der Waals surface area (Å²) in [4.78, 5) is 11.2. The van der Waals surface area contributed by atoms with Crippen molar-refractivity contribution in [3.63, 3.8) is 0 Å². The third-order valence-corrected chi connectivity index (χ3v) is 5.37. The van der Waals surface area contributed by atoms with Crippen molar-refractivity contribution >= 4 is 21.1 Å². The van der Waals surface area contributed by atoms with Crippen LogP contribution in [0.1, 0.15) is 31.7 Å². The standard InChI is InChI=1S/C19H18O5S/c1-3-13(2)16-6-4-5-7-18(16)24-25(21,22)15-9-10-17-14(12-15)8-11-19(20)23-17/h4-13H,3H2,1-2H3. The summed E-state index contributed by atoms with van der Waals surface area (Å²) in [5.41, 5.74) is 0.689. The Morgan fingerprint density at radius 3 is 2.60 bits per heavy atom. The highest BCUT2D eigenvalue weighted by atomic mass is 32.2. The Labute approximate surface area is 146 Å². The van der Waals surface area contributed by atoms with Gasteiger partial charge in [-0.15, -0.1) is 0 Å². The molecule has 2 aromatic carbocycles. The minimum atomic E-state index is -4.00. The van der Waals surface area contributed by atoms with Crippen LogP contribution in [0.3, 0.4) is 0 Å². The van der Waals surface area contributed by atoms with E-state index in [1.165, 1.54) is 30.3 Å². The Morgan fingerprint density at radius 2 is 1.84 bits per heavy atom. The third-order valence-electron chi connectivity index (χ3n) is 4.14. The minimum Gasteiger partial charge on any atom is -0.423 e. The molecule has 0 saturated carbocycles. The van der Waals surface area contributed by atoms with Crippen LogP contribution >= 0.6 is 0 Å². The van der Waals surface area contributed by atoms with Crippen LogP contribution in [0.5, 0.6) is 5.75 Å². The molecule has 25 heavy (non-hydrogen) atoms. The summed E-state index contributed by atoms with van der Waals surface area (Å²) in [6, 6.07) is 14.1. The lowest BCUT2D eigenvalue weighted by molar-refractivity contribution is 0.479. The van der Waals surface area contributed by atoms with Crippen LogP contribution < -0.4 is 9.81 Å². The Hall–Kier alpha value is -2.60. The maximum absolute atomic E-state index is 12.7. The monoisotopic (exact) mass is 358 g/mol. The van der Waals surface area contributed by atoms with Crippen molar-refractivity contribution in [1.29, 1.82) is 0 Å². The zero-order valence-electron chi connectivity index (χ0n) is 13.9. The summed E-state index contributed by atoms with van der Waals surface area (Å²) in [6.07, 6.45) is 0.870. The summed E-state index contributed by atoms with van der Waals surface area (Å²) in [6.45, 7) is 4.06. The normalized spacial score (nSPS) is 12.9. The van der Waals surface area contributed by atoms with Crippen LogP contribution in [-0.2, 0) is 10.1 Å². The molecule has 0 amide bonds. The number of hydrogen-bond acceptors (Lipinski definition) is 5. The average molecular weight is 358 g/mol. The Bertz CT molecular complexity index is 1070. The van der Waals surface area contributed by atoms with Gasteiger partial charge in [0, 0.05) is 11.5 Å². The molecule has 5 nitrogen and oxygen atoms in total. The fraction of sp³-hybridized carbons (Fsp3) is 0.211. The van der Waals surface area contributed by atoms with Gasteiger partial charge in [0.05, 0.1) is 0 Å². The molecule has 0 aliphatic heterocycles. The van der Waals surface area contributed by atoms with E-state index in [1.54, 1.807) is 12.1 Å². The summed E-state index contributed by atoms with van der Waals surface area (Å²) in [7, 11) is -4.00. The molecule has 0 bridgehead atoms. The SMILES string of the molecule is CCC(C)c1ccccc1OS(=O)(=O)c1ccc2oc(=O)ccc2c1. The van der Waals surface area contributed by atoms with Gasteiger partial charge in [-0.3, -0.25) is 0 Å². The van der Waals surface area contributed by atoms with E-state index < -0.39 is 15.7 Å². The lowest BCUT2D eigenvalue weighted by Crippen LogP contribution is -2.11. The predicted molar refractivity (Wildman–Crippen MR) is 95.4 cm³/mol. The molecule has 0 aliphatic rings. The fourth-order valence-electron chi connectivity index (χ4n) is 2.56. The molecule has 0 aliphatic carbocycles. The Kier molecular flexibility index (Phi) is 4.63. The lowest BCUT2D eigenvalue weighted by Gasteiger charge is -2.15. The van der Waals surface area contributed by atoms with E-state index in [2.05, 4.69) is 0 Å². The third kappa shape index (κ3) is 3.58. The average Bonchev–Trinajstić information content (AvgIpc) is 2.60. The Morgan fingerprint density at radius 1 is 1.08 bits per heavy atom. The van der Waals surface area contributed by atoms with Gasteiger partial charge in [-0.1, -0.05) is 32.0 Å². The van der Waals surface area contributed by atoms with Gasteiger partial charge in [0.2, 0.25) is 0 Å². The first kappa shape index (κ1) is 17.2. The second-order valence-electron chi connectivity index (χ2n) is 5.84. The molecule has 1 atom stereocenters. The molecule has 0 N–H and O–H groups in total. The molecule has 0 radical (unpaired) electrons. The maximum atomic E-state index is 12.7. The van der Waals surface area contributed by atoms with Crippen molar-refractivity contribution in [3.8, 4) is 5.75 Å². The molecule has 3 aromatic rings. The van der Waals surface area contributed by atoms with Gasteiger partial charge >= 0.3 is 15.7 Å². The van der Waals surface area contributed by atoms with Crippen LogP contribution in [0.15, 0.2) is 68.7 Å². The maximum Gasteiger partial charge on any atom is 0.339 e. The molecule has 1 unspecified atom stereocenters. The summed E-state index contributed by atoms with van der Waals surface area (Å²) < 4.78 is 35.7. The molecule has 130 valence electrons. The van der Waals surface area contributed by atoms with E-state index >= 15 is 0 Å². The van der Waals surface area contributed by atoms with E-state index in [4.69, 9.17) is 8.60 Å². The zero-order chi connectivity index (χ0) is 18.0. The number of rotatable bonds is 5. The highest BCUT2D eigenvalue weighted by Gasteiger charge is 2.20. The van der Waals surface area contributed by atoms with Gasteiger partial charge in [0.25, 0.3) is 0 Å². The molecule has 0 saturated heterocycles. The molecule has 1 heterocycles. The van der Waals surface area contributed by atoms with Crippen LogP contribution in [0, 0.1) is 0 Å². The van der Waals surface area contributed by atoms with Gasteiger partial charge in [0.15, 0.2) is 0 Å². The van der Waals surface area contributed by atoms with Crippen molar-refractivity contribution in [3.05, 3.63) is 70.6 Å². The molecule has 6 heteroatoms. The van der Waals surface area contributed by atoms with Gasteiger partial charge in [-0.2, -0.15) is 8.42 Å². The first-order chi connectivity index (χ1) is 11.9. The second-order valence-corrected chi connectivity index (χ2v) is 7.38. The van der Waals surface area contributed by atoms with Gasteiger partial charge in [0.1, 0.15) is 16.2 Å². The van der Waals surface area contributed by atoms with Gasteiger partial charge in [-0.05, 0) is 48.2 Å². The van der Waals surface area contributed by atoms with Crippen molar-refractivity contribution in [2.24, 2.45) is 0 Å².